The lowest BCUT2D eigenvalue weighted by Gasteiger charge is -2.14. The fourth-order valence-corrected chi connectivity index (χ4v) is 4.70. The first kappa shape index (κ1) is 24.4. The number of carboxylic acid groups (broad SMARTS) is 1. The van der Waals surface area contributed by atoms with Crippen molar-refractivity contribution < 1.29 is 29.0 Å². The molecule has 182 valence electrons. The molecule has 4 rings (SSSR count). The van der Waals surface area contributed by atoms with Gasteiger partial charge in [-0.3, -0.25) is 4.79 Å². The molecular formula is C25H25N3O6S. The van der Waals surface area contributed by atoms with Crippen LogP contribution in [0, 0.1) is 0 Å². The maximum atomic E-state index is 12.1. The van der Waals surface area contributed by atoms with Gasteiger partial charge in [0.15, 0.2) is 5.69 Å². The molecule has 2 aromatic carbocycles. The second-order valence-corrected chi connectivity index (χ2v) is 8.78. The van der Waals surface area contributed by atoms with Gasteiger partial charge >= 0.3 is 12.1 Å². The maximum absolute atomic E-state index is 12.1. The molecule has 0 aliphatic heterocycles. The van der Waals surface area contributed by atoms with E-state index in [0.717, 1.165) is 11.1 Å². The summed E-state index contributed by atoms with van der Waals surface area (Å²) in [6.45, 7) is 0.778. The SMILES string of the molecule is O=C(COCCNC(=O)OCC1c2ccccc2-c2ccccc21)NCCc1nc(C(=O)O)cs1. The molecule has 9 nitrogen and oxygen atoms in total. The van der Waals surface area contributed by atoms with E-state index in [2.05, 4.69) is 39.9 Å². The van der Waals surface area contributed by atoms with Crippen LogP contribution in [0.3, 0.4) is 0 Å². The van der Waals surface area contributed by atoms with Gasteiger partial charge in [-0.1, -0.05) is 48.5 Å². The largest absolute Gasteiger partial charge is 0.476 e. The Morgan fingerprint density at radius 2 is 1.66 bits per heavy atom. The zero-order chi connectivity index (χ0) is 24.6. The highest BCUT2D eigenvalue weighted by atomic mass is 32.1. The van der Waals surface area contributed by atoms with Crippen molar-refractivity contribution in [1.82, 2.24) is 15.6 Å². The Bertz CT molecular complexity index is 1170. The molecule has 0 radical (unpaired) electrons. The lowest BCUT2D eigenvalue weighted by Crippen LogP contribution is -2.32. The summed E-state index contributed by atoms with van der Waals surface area (Å²) in [5.74, 6) is -1.38. The number of ether oxygens (including phenoxy) is 2. The minimum atomic E-state index is -1.07. The number of hydrogen-bond acceptors (Lipinski definition) is 7. The van der Waals surface area contributed by atoms with Crippen molar-refractivity contribution in [2.45, 2.75) is 12.3 Å². The predicted molar refractivity (Wildman–Crippen MR) is 130 cm³/mol. The van der Waals surface area contributed by atoms with Crippen molar-refractivity contribution in [3.8, 4) is 11.1 Å². The topological polar surface area (TPSA) is 127 Å². The first-order valence-electron chi connectivity index (χ1n) is 11.1. The second-order valence-electron chi connectivity index (χ2n) is 7.84. The van der Waals surface area contributed by atoms with Crippen LogP contribution in [0.1, 0.15) is 32.5 Å². The molecule has 0 saturated carbocycles. The molecule has 0 saturated heterocycles. The van der Waals surface area contributed by atoms with Crippen LogP contribution in [0.4, 0.5) is 4.79 Å². The molecule has 2 amide bonds. The van der Waals surface area contributed by atoms with Gasteiger partial charge in [-0.15, -0.1) is 11.3 Å². The molecule has 1 aliphatic rings. The van der Waals surface area contributed by atoms with E-state index in [1.54, 1.807) is 0 Å². The Morgan fingerprint density at radius 3 is 2.31 bits per heavy atom. The van der Waals surface area contributed by atoms with Crippen LogP contribution in [0.5, 0.6) is 0 Å². The van der Waals surface area contributed by atoms with Crippen molar-refractivity contribution in [2.24, 2.45) is 0 Å². The molecule has 0 fully saturated rings. The fourth-order valence-electron chi connectivity index (χ4n) is 3.92. The number of nitrogens with zero attached hydrogens (tertiary/aromatic N) is 1. The van der Waals surface area contributed by atoms with Gasteiger partial charge in [0.05, 0.1) is 11.6 Å². The lowest BCUT2D eigenvalue weighted by atomic mass is 9.98. The summed E-state index contributed by atoms with van der Waals surface area (Å²) in [6, 6.07) is 16.3. The number of hydrogen-bond donors (Lipinski definition) is 3. The number of thiazole rings is 1. The van der Waals surface area contributed by atoms with Crippen LogP contribution in [0.25, 0.3) is 11.1 Å². The summed E-state index contributed by atoms with van der Waals surface area (Å²) in [7, 11) is 0. The Kier molecular flexibility index (Phi) is 8.07. The highest BCUT2D eigenvalue weighted by Gasteiger charge is 2.28. The first-order chi connectivity index (χ1) is 17.0. The average molecular weight is 496 g/mol. The third-order valence-electron chi connectivity index (χ3n) is 5.52. The summed E-state index contributed by atoms with van der Waals surface area (Å²) in [5, 5.41) is 16.3. The average Bonchev–Trinajstić information content (AvgIpc) is 3.46. The number of aromatic nitrogens is 1. The summed E-state index contributed by atoms with van der Waals surface area (Å²) in [5.41, 5.74) is 4.63. The molecule has 1 heterocycles. The van der Waals surface area contributed by atoms with E-state index >= 15 is 0 Å². The predicted octanol–water partition coefficient (Wildman–Crippen LogP) is 3.06. The van der Waals surface area contributed by atoms with Gasteiger partial charge in [0.1, 0.15) is 13.2 Å². The minimum absolute atomic E-state index is 0.00330. The van der Waals surface area contributed by atoms with Gasteiger partial charge in [0, 0.05) is 30.8 Å². The van der Waals surface area contributed by atoms with Crippen molar-refractivity contribution in [3.05, 3.63) is 75.7 Å². The monoisotopic (exact) mass is 495 g/mol. The van der Waals surface area contributed by atoms with Crippen LogP contribution in [-0.4, -0.2) is 61.0 Å². The Morgan fingerprint density at radius 1 is 0.971 bits per heavy atom. The van der Waals surface area contributed by atoms with Crippen LogP contribution < -0.4 is 10.6 Å². The molecule has 1 aliphatic carbocycles. The number of nitrogens with one attached hydrogen (secondary N) is 2. The van der Waals surface area contributed by atoms with E-state index in [0.29, 0.717) is 18.0 Å². The van der Waals surface area contributed by atoms with Crippen LogP contribution in [-0.2, 0) is 20.7 Å². The smallest absolute Gasteiger partial charge is 0.407 e. The molecule has 0 atom stereocenters. The van der Waals surface area contributed by atoms with Crippen LogP contribution >= 0.6 is 11.3 Å². The van der Waals surface area contributed by atoms with E-state index in [9.17, 15) is 14.4 Å². The molecule has 35 heavy (non-hydrogen) atoms. The van der Waals surface area contributed by atoms with Crippen molar-refractivity contribution in [1.29, 1.82) is 0 Å². The van der Waals surface area contributed by atoms with Gasteiger partial charge in [0.25, 0.3) is 0 Å². The highest BCUT2D eigenvalue weighted by molar-refractivity contribution is 7.09. The van der Waals surface area contributed by atoms with Gasteiger partial charge in [-0.05, 0) is 22.3 Å². The molecule has 1 aromatic heterocycles. The van der Waals surface area contributed by atoms with Gasteiger partial charge < -0.3 is 25.2 Å². The number of carbonyl (C=O) groups excluding carboxylic acids is 2. The van der Waals surface area contributed by atoms with Gasteiger partial charge in [-0.25, -0.2) is 14.6 Å². The standard InChI is InChI=1S/C25H25N3O6S/c29-22(26-10-9-23-28-21(15-35-23)24(30)31)14-33-12-11-27-25(32)34-13-20-18-7-3-1-5-16(18)17-6-2-4-8-19(17)20/h1-8,15,20H,9-14H2,(H,26,29)(H,27,32)(H,30,31). The summed E-state index contributed by atoms with van der Waals surface area (Å²) < 4.78 is 10.7. The summed E-state index contributed by atoms with van der Waals surface area (Å²) in [6.07, 6.45) is -0.100. The number of carboxylic acids is 1. The number of fused-ring (bicyclic) bond motifs is 3. The maximum Gasteiger partial charge on any atom is 0.407 e. The molecular weight excluding hydrogens is 470 g/mol. The minimum Gasteiger partial charge on any atom is -0.476 e. The van der Waals surface area contributed by atoms with Crippen molar-refractivity contribution >= 4 is 29.3 Å². The fraction of sp³-hybridized carbons (Fsp3) is 0.280. The third kappa shape index (κ3) is 6.23. The second kappa shape index (κ2) is 11.6. The van der Waals surface area contributed by atoms with Crippen molar-refractivity contribution in [3.63, 3.8) is 0 Å². The number of rotatable bonds is 11. The van der Waals surface area contributed by atoms with E-state index in [1.165, 1.54) is 27.8 Å². The normalized spacial score (nSPS) is 12.0. The van der Waals surface area contributed by atoms with Gasteiger partial charge in [0.2, 0.25) is 5.91 Å². The molecule has 0 spiro atoms. The van der Waals surface area contributed by atoms with E-state index in [4.69, 9.17) is 14.6 Å². The van der Waals surface area contributed by atoms with E-state index < -0.39 is 12.1 Å². The molecule has 10 heteroatoms. The van der Waals surface area contributed by atoms with Gasteiger partial charge in [-0.2, -0.15) is 0 Å². The zero-order valence-corrected chi connectivity index (χ0v) is 19.7. The number of benzene rings is 2. The molecule has 3 aromatic rings. The third-order valence-corrected chi connectivity index (χ3v) is 6.43. The number of aromatic carboxylic acids is 1. The Balaban J connectivity index is 1.10. The van der Waals surface area contributed by atoms with Crippen LogP contribution in [0.15, 0.2) is 53.9 Å². The van der Waals surface area contributed by atoms with Crippen LogP contribution in [0.2, 0.25) is 0 Å². The molecule has 0 bridgehead atoms. The quantitative estimate of drug-likeness (QED) is 0.349. The Hall–Kier alpha value is -3.76. The van der Waals surface area contributed by atoms with Crippen molar-refractivity contribution in [2.75, 3.05) is 32.9 Å². The highest BCUT2D eigenvalue weighted by Crippen LogP contribution is 2.44. The van der Waals surface area contributed by atoms with E-state index in [-0.39, 0.29) is 43.9 Å². The number of carbonyl (C=O) groups is 3. The summed E-state index contributed by atoms with van der Waals surface area (Å²) in [4.78, 5) is 38.7. The number of alkyl carbamates (subject to hydrolysis) is 1. The Labute approximate surface area is 206 Å². The number of amides is 2. The summed E-state index contributed by atoms with van der Waals surface area (Å²) >= 11 is 1.24. The molecule has 0 unspecified atom stereocenters. The first-order valence-corrected chi connectivity index (χ1v) is 12.0. The lowest BCUT2D eigenvalue weighted by molar-refractivity contribution is -0.125. The molecule has 3 N–H and O–H groups in total. The van der Waals surface area contributed by atoms with E-state index in [1.807, 2.05) is 24.3 Å². The zero-order valence-electron chi connectivity index (χ0n) is 18.9.